The Morgan fingerprint density at radius 3 is 1.07 bits per heavy atom. The Morgan fingerprint density at radius 1 is 0.525 bits per heavy atom. The van der Waals surface area contributed by atoms with Gasteiger partial charge in [0, 0.05) is 22.5 Å². The minimum absolute atomic E-state index is 0.0186. The summed E-state index contributed by atoms with van der Waals surface area (Å²) >= 11 is 0. The summed E-state index contributed by atoms with van der Waals surface area (Å²) in [6, 6.07) is 14.8. The average Bonchev–Trinajstić information content (AvgIpc) is 2.87. The first-order valence-electron chi connectivity index (χ1n) is 15.6. The Morgan fingerprint density at radius 2 is 0.800 bits per heavy atom. The molecule has 0 saturated heterocycles. The van der Waals surface area contributed by atoms with E-state index in [-0.39, 0.29) is 22.9 Å². The fraction of sp³-hybridized carbons (Fsp3) is 0.588. The maximum absolute atomic E-state index is 12.6. The molecule has 0 spiro atoms. The highest BCUT2D eigenvalue weighted by atomic mass is 16.2. The van der Waals surface area contributed by atoms with E-state index in [0.29, 0.717) is 22.5 Å². The van der Waals surface area contributed by atoms with Crippen LogP contribution in [0.5, 0.6) is 0 Å². The van der Waals surface area contributed by atoms with Crippen LogP contribution >= 0.6 is 0 Å². The Hall–Kier alpha value is -3.02. The van der Waals surface area contributed by atoms with E-state index in [1.54, 1.807) is 12.1 Å². The van der Waals surface area contributed by atoms with Gasteiger partial charge in [0.2, 0.25) is 0 Å². The molecule has 2 aromatic carbocycles. The highest BCUT2D eigenvalue weighted by molar-refractivity contribution is 6.00. The number of nitrogens with one attached hydrogen (secondary N) is 2. The number of amides is 2. The number of hydrogen-bond acceptors (Lipinski definition) is 4. The number of carbonyl (C=O) groups excluding carboxylic acids is 2. The van der Waals surface area contributed by atoms with Crippen LogP contribution in [0.25, 0.3) is 0 Å². The van der Waals surface area contributed by atoms with E-state index in [1.165, 1.54) is 77.0 Å². The van der Waals surface area contributed by atoms with E-state index in [1.807, 2.05) is 36.4 Å². The van der Waals surface area contributed by atoms with E-state index in [9.17, 15) is 9.59 Å². The standard InChI is InChI=1S/2C17H22N2O/c2*18-15-4-2-1-3-14(15)16(20)19-17-8-11-5-12(9-17)7-13(6-11)10-17/h2*1-4,11-13H,5-10,18H2,(H,19,20). The van der Waals surface area contributed by atoms with Gasteiger partial charge in [-0.1, -0.05) is 24.3 Å². The van der Waals surface area contributed by atoms with Crippen molar-refractivity contribution in [2.75, 3.05) is 11.5 Å². The van der Waals surface area contributed by atoms with Gasteiger partial charge < -0.3 is 22.1 Å². The molecule has 0 aromatic heterocycles. The van der Waals surface area contributed by atoms with Gasteiger partial charge in [0.25, 0.3) is 11.8 Å². The van der Waals surface area contributed by atoms with Crippen molar-refractivity contribution in [3.8, 4) is 0 Å². The molecular formula is C34H44N4O2. The summed E-state index contributed by atoms with van der Waals surface area (Å²) in [7, 11) is 0. The molecule has 8 fully saturated rings. The molecule has 0 aliphatic heterocycles. The maximum atomic E-state index is 12.6. The predicted octanol–water partition coefficient (Wildman–Crippen LogP) is 5.93. The van der Waals surface area contributed by atoms with E-state index < -0.39 is 0 Å². The molecule has 0 heterocycles. The van der Waals surface area contributed by atoms with Crippen molar-refractivity contribution in [3.05, 3.63) is 59.7 Å². The minimum atomic E-state index is 0.0186. The van der Waals surface area contributed by atoms with Gasteiger partial charge in [0.1, 0.15) is 0 Å². The van der Waals surface area contributed by atoms with E-state index in [0.717, 1.165) is 35.5 Å². The van der Waals surface area contributed by atoms with Crippen molar-refractivity contribution in [2.45, 2.75) is 88.1 Å². The van der Waals surface area contributed by atoms with Gasteiger partial charge in [-0.05, 0) is 137 Å². The molecule has 0 unspecified atom stereocenters. The smallest absolute Gasteiger partial charge is 0.253 e. The lowest BCUT2D eigenvalue weighted by Crippen LogP contribution is -2.59. The molecule has 212 valence electrons. The zero-order valence-electron chi connectivity index (χ0n) is 23.5. The third-order valence-corrected chi connectivity index (χ3v) is 11.2. The Labute approximate surface area is 238 Å². The summed E-state index contributed by atoms with van der Waals surface area (Å²) in [6.07, 6.45) is 15.4. The number of anilines is 2. The van der Waals surface area contributed by atoms with Crippen LogP contribution < -0.4 is 22.1 Å². The van der Waals surface area contributed by atoms with Gasteiger partial charge in [0.05, 0.1) is 11.1 Å². The lowest BCUT2D eigenvalue weighted by molar-refractivity contribution is -0.0170. The lowest BCUT2D eigenvalue weighted by Gasteiger charge is -2.56. The molecule has 2 amide bonds. The second-order valence-corrected chi connectivity index (χ2v) is 14.5. The number of benzene rings is 2. The molecule has 2 aromatic rings. The molecule has 40 heavy (non-hydrogen) atoms. The zero-order chi connectivity index (χ0) is 27.5. The van der Waals surface area contributed by atoms with E-state index >= 15 is 0 Å². The summed E-state index contributed by atoms with van der Waals surface area (Å²) < 4.78 is 0. The fourth-order valence-electron chi connectivity index (χ4n) is 10.6. The largest absolute Gasteiger partial charge is 0.398 e. The predicted molar refractivity (Wildman–Crippen MR) is 158 cm³/mol. The Kier molecular flexibility index (Phi) is 6.36. The van der Waals surface area contributed by atoms with Crippen LogP contribution in [-0.2, 0) is 0 Å². The number of carbonyl (C=O) groups is 2. The maximum Gasteiger partial charge on any atom is 0.253 e. The fourth-order valence-corrected chi connectivity index (χ4v) is 10.6. The van der Waals surface area contributed by atoms with Crippen LogP contribution in [0, 0.1) is 35.5 Å². The third kappa shape index (κ3) is 4.88. The van der Waals surface area contributed by atoms with E-state index in [4.69, 9.17) is 11.5 Å². The topological polar surface area (TPSA) is 110 Å². The van der Waals surface area contributed by atoms with Crippen LogP contribution in [0.1, 0.15) is 97.8 Å². The second kappa shape index (κ2) is 9.81. The van der Waals surface area contributed by atoms with Crippen LogP contribution in [0.2, 0.25) is 0 Å². The molecule has 8 saturated carbocycles. The summed E-state index contributed by atoms with van der Waals surface area (Å²) in [5, 5.41) is 6.73. The molecule has 0 radical (unpaired) electrons. The lowest BCUT2D eigenvalue weighted by atomic mass is 9.53. The molecule has 8 aliphatic carbocycles. The van der Waals surface area contributed by atoms with Gasteiger partial charge >= 0.3 is 0 Å². The molecule has 8 bridgehead atoms. The second-order valence-electron chi connectivity index (χ2n) is 14.5. The monoisotopic (exact) mass is 540 g/mol. The number of nitrogens with two attached hydrogens (primary N) is 2. The summed E-state index contributed by atoms with van der Waals surface area (Å²) in [5.74, 6) is 5.09. The van der Waals surface area contributed by atoms with Gasteiger partial charge in [-0.25, -0.2) is 0 Å². The quantitative estimate of drug-likeness (QED) is 0.360. The summed E-state index contributed by atoms with van der Waals surface area (Å²) in [4.78, 5) is 25.1. The van der Waals surface area contributed by atoms with Crippen molar-refractivity contribution in [3.63, 3.8) is 0 Å². The molecule has 6 heteroatoms. The first-order chi connectivity index (χ1) is 19.3. The van der Waals surface area contributed by atoms with Gasteiger partial charge in [0.15, 0.2) is 0 Å². The Bertz CT molecular complexity index is 1130. The highest BCUT2D eigenvalue weighted by Crippen LogP contribution is 2.56. The van der Waals surface area contributed by atoms with Gasteiger partial charge in [-0.15, -0.1) is 0 Å². The summed E-state index contributed by atoms with van der Waals surface area (Å²) in [5.41, 5.74) is 14.4. The van der Waals surface area contributed by atoms with Gasteiger partial charge in [-0.2, -0.15) is 0 Å². The Balaban J connectivity index is 0.000000132. The molecule has 6 nitrogen and oxygen atoms in total. The van der Waals surface area contributed by atoms with Crippen molar-refractivity contribution in [1.82, 2.24) is 10.6 Å². The molecular weight excluding hydrogens is 496 g/mol. The van der Waals surface area contributed by atoms with Crippen LogP contribution in [-0.4, -0.2) is 22.9 Å². The minimum Gasteiger partial charge on any atom is -0.398 e. The van der Waals surface area contributed by atoms with E-state index in [2.05, 4.69) is 10.6 Å². The first kappa shape index (κ1) is 25.9. The number of nitrogen functional groups attached to an aromatic ring is 2. The number of rotatable bonds is 4. The number of hydrogen-bond donors (Lipinski definition) is 4. The van der Waals surface area contributed by atoms with Crippen LogP contribution in [0.15, 0.2) is 48.5 Å². The van der Waals surface area contributed by atoms with Crippen LogP contribution in [0.4, 0.5) is 11.4 Å². The average molecular weight is 541 g/mol. The first-order valence-corrected chi connectivity index (χ1v) is 15.6. The zero-order valence-corrected chi connectivity index (χ0v) is 23.5. The normalized spacial score (nSPS) is 37.9. The molecule has 0 atom stereocenters. The van der Waals surface area contributed by atoms with Crippen LogP contribution in [0.3, 0.4) is 0 Å². The SMILES string of the molecule is Nc1ccccc1C(=O)NC12CC3CC(CC(C3)C1)C2.Nc1ccccc1C(=O)NC12CC3CC(CC(C3)C1)C2. The highest BCUT2D eigenvalue weighted by Gasteiger charge is 2.52. The van der Waals surface area contributed by atoms with Crippen molar-refractivity contribution >= 4 is 23.2 Å². The molecule has 6 N–H and O–H groups in total. The summed E-state index contributed by atoms with van der Waals surface area (Å²) in [6.45, 7) is 0. The molecule has 8 aliphatic rings. The van der Waals surface area contributed by atoms with Crippen molar-refractivity contribution in [2.24, 2.45) is 35.5 Å². The van der Waals surface area contributed by atoms with Gasteiger partial charge in [-0.3, -0.25) is 9.59 Å². The third-order valence-electron chi connectivity index (χ3n) is 11.2. The van der Waals surface area contributed by atoms with Crippen molar-refractivity contribution < 1.29 is 9.59 Å². The number of para-hydroxylation sites is 2. The molecule has 10 rings (SSSR count). The van der Waals surface area contributed by atoms with Crippen molar-refractivity contribution in [1.29, 1.82) is 0 Å².